The van der Waals surface area contributed by atoms with E-state index in [1.54, 1.807) is 12.1 Å². The Bertz CT molecular complexity index is 1170. The zero-order chi connectivity index (χ0) is 25.8. The van der Waals surface area contributed by atoms with Gasteiger partial charge < -0.3 is 10.2 Å². The Kier molecular flexibility index (Phi) is 5.14. The number of aromatic hydroxyl groups is 1. The highest BCUT2D eigenvalue weighted by Crippen LogP contribution is 2.74. The van der Waals surface area contributed by atoms with Crippen LogP contribution in [0.1, 0.15) is 66.4 Å². The number of Topliss-reactive ketones (excluding diaryl/α,β-unsaturated/α-hetero) is 1. The SMILES string of the molecule is CC1=C[C@]2(C)[C@@H]3C(C)=C[C@]4(C)C[C@H](C)CC[C@H]4[C@@H]3C(=O)[C@@]23CN[C@](O)(Cc2ccc(O)cc2)[C@H]3[C@@H]1C. The normalized spacial score (nSPS) is 49.5. The molecule has 3 fully saturated rings. The molecule has 4 nitrogen and oxygen atoms in total. The van der Waals surface area contributed by atoms with Crippen LogP contribution in [0.15, 0.2) is 47.6 Å². The van der Waals surface area contributed by atoms with Crippen molar-refractivity contribution in [1.29, 1.82) is 0 Å². The zero-order valence-corrected chi connectivity index (χ0v) is 22.8. The summed E-state index contributed by atoms with van der Waals surface area (Å²) in [5.74, 6) is 1.81. The molecule has 3 N–H and O–H groups in total. The Labute approximate surface area is 216 Å². The lowest BCUT2D eigenvalue weighted by atomic mass is 9.48. The molecule has 1 spiro atoms. The molecule has 36 heavy (non-hydrogen) atoms. The summed E-state index contributed by atoms with van der Waals surface area (Å²) in [4.78, 5) is 15.0. The number of carbonyl (C=O) groups excluding carboxylic acids is 1. The highest BCUT2D eigenvalue weighted by Gasteiger charge is 2.78. The molecule has 1 aromatic rings. The molecule has 4 aliphatic carbocycles. The van der Waals surface area contributed by atoms with Gasteiger partial charge in [-0.2, -0.15) is 0 Å². The highest BCUT2D eigenvalue weighted by molar-refractivity contribution is 5.94. The molecule has 0 bridgehead atoms. The fourth-order valence-corrected chi connectivity index (χ4v) is 10.4. The molecule has 0 unspecified atom stereocenters. The van der Waals surface area contributed by atoms with E-state index in [0.717, 1.165) is 18.4 Å². The van der Waals surface area contributed by atoms with Gasteiger partial charge in [-0.05, 0) is 73.5 Å². The first-order valence-corrected chi connectivity index (χ1v) is 14.0. The first kappa shape index (κ1) is 24.4. The second-order valence-corrected chi connectivity index (χ2v) is 13.8. The number of benzene rings is 1. The van der Waals surface area contributed by atoms with Crippen molar-refractivity contribution in [2.45, 2.75) is 73.0 Å². The molecule has 194 valence electrons. The summed E-state index contributed by atoms with van der Waals surface area (Å²) in [5.41, 5.74) is 1.58. The van der Waals surface area contributed by atoms with Crippen molar-refractivity contribution in [2.24, 2.45) is 51.8 Å². The first-order chi connectivity index (χ1) is 16.9. The van der Waals surface area contributed by atoms with Gasteiger partial charge in [-0.3, -0.25) is 10.1 Å². The lowest BCUT2D eigenvalue weighted by molar-refractivity contribution is -0.143. The maximum Gasteiger partial charge on any atom is 0.145 e. The van der Waals surface area contributed by atoms with Gasteiger partial charge in [0.15, 0.2) is 0 Å². The molecule has 1 saturated heterocycles. The number of allylic oxidation sites excluding steroid dienone is 4. The topological polar surface area (TPSA) is 69.6 Å². The van der Waals surface area contributed by atoms with Crippen molar-refractivity contribution < 1.29 is 15.0 Å². The third kappa shape index (κ3) is 2.92. The quantitative estimate of drug-likeness (QED) is 0.470. The van der Waals surface area contributed by atoms with E-state index in [9.17, 15) is 10.2 Å². The van der Waals surface area contributed by atoms with Crippen LogP contribution in [-0.4, -0.2) is 28.3 Å². The molecule has 6 rings (SSSR count). The van der Waals surface area contributed by atoms with Crippen LogP contribution in [0.5, 0.6) is 5.75 Å². The number of phenolic OH excluding ortho intramolecular Hbond substituents is 1. The lowest BCUT2D eigenvalue weighted by Gasteiger charge is -2.54. The van der Waals surface area contributed by atoms with Gasteiger partial charge in [0.1, 0.15) is 17.3 Å². The largest absolute Gasteiger partial charge is 0.508 e. The molecule has 0 amide bonds. The Hall–Kier alpha value is -1.91. The maximum absolute atomic E-state index is 15.0. The predicted molar refractivity (Wildman–Crippen MR) is 142 cm³/mol. The number of hydrogen-bond donors (Lipinski definition) is 3. The van der Waals surface area contributed by atoms with Crippen molar-refractivity contribution in [3.63, 3.8) is 0 Å². The van der Waals surface area contributed by atoms with Crippen LogP contribution >= 0.6 is 0 Å². The summed E-state index contributed by atoms with van der Waals surface area (Å²) in [6.07, 6.45) is 8.89. The lowest BCUT2D eigenvalue weighted by Crippen LogP contribution is -2.57. The molecule has 10 atom stereocenters. The number of ketones is 1. The number of aliphatic hydroxyl groups is 1. The Balaban J connectivity index is 1.49. The summed E-state index contributed by atoms with van der Waals surface area (Å²) in [6, 6.07) is 7.12. The molecule has 5 aliphatic rings. The van der Waals surface area contributed by atoms with Gasteiger partial charge in [-0.15, -0.1) is 0 Å². The molecule has 1 heterocycles. The van der Waals surface area contributed by atoms with Crippen molar-refractivity contribution in [3.8, 4) is 5.75 Å². The molecule has 2 saturated carbocycles. The third-order valence-electron chi connectivity index (χ3n) is 11.7. The van der Waals surface area contributed by atoms with E-state index in [2.05, 4.69) is 59.0 Å². The van der Waals surface area contributed by atoms with Crippen LogP contribution in [-0.2, 0) is 11.2 Å². The molecule has 1 aromatic carbocycles. The van der Waals surface area contributed by atoms with E-state index in [1.165, 1.54) is 17.6 Å². The number of fused-ring (bicyclic) bond motifs is 4. The van der Waals surface area contributed by atoms with Gasteiger partial charge in [0.05, 0.1) is 5.41 Å². The summed E-state index contributed by atoms with van der Waals surface area (Å²) in [6.45, 7) is 14.3. The van der Waals surface area contributed by atoms with Crippen molar-refractivity contribution in [1.82, 2.24) is 5.32 Å². The van der Waals surface area contributed by atoms with E-state index < -0.39 is 11.1 Å². The number of phenols is 1. The molecule has 1 aliphatic heterocycles. The van der Waals surface area contributed by atoms with E-state index >= 15 is 4.79 Å². The maximum atomic E-state index is 15.0. The van der Waals surface area contributed by atoms with Gasteiger partial charge >= 0.3 is 0 Å². The number of rotatable bonds is 2. The monoisotopic (exact) mass is 489 g/mol. The van der Waals surface area contributed by atoms with E-state index in [4.69, 9.17) is 0 Å². The van der Waals surface area contributed by atoms with Gasteiger partial charge in [-0.1, -0.05) is 69.5 Å². The van der Waals surface area contributed by atoms with Gasteiger partial charge in [0.25, 0.3) is 0 Å². The van der Waals surface area contributed by atoms with Crippen LogP contribution in [0.3, 0.4) is 0 Å². The minimum Gasteiger partial charge on any atom is -0.508 e. The first-order valence-electron chi connectivity index (χ1n) is 14.0. The van der Waals surface area contributed by atoms with Crippen LogP contribution in [0.4, 0.5) is 0 Å². The number of nitrogens with one attached hydrogen (secondary N) is 1. The molecule has 0 radical (unpaired) electrons. The Morgan fingerprint density at radius 3 is 2.42 bits per heavy atom. The van der Waals surface area contributed by atoms with Gasteiger partial charge in [0.2, 0.25) is 0 Å². The number of carbonyl (C=O) groups is 1. The van der Waals surface area contributed by atoms with Gasteiger partial charge in [-0.25, -0.2) is 0 Å². The standard InChI is InChI=1S/C32H43NO3/c1-18-7-12-24-25-26(20(3)14-29(24,5)13-18)30(6)15-19(2)21(4)27-31(30,28(25)35)17-33-32(27,36)16-22-8-10-23(34)11-9-22/h8-11,14-15,18,21,24-27,33-34,36H,7,12-13,16-17H2,1-6H3/t18-,21-,24+,25+,26-,27+,29+,30-,31+,32+/m1/s1. The second kappa shape index (κ2) is 7.57. The summed E-state index contributed by atoms with van der Waals surface area (Å²) < 4.78 is 0. The van der Waals surface area contributed by atoms with Crippen molar-refractivity contribution in [3.05, 3.63) is 53.1 Å². The van der Waals surface area contributed by atoms with Crippen molar-refractivity contribution >= 4 is 5.78 Å². The van der Waals surface area contributed by atoms with Crippen LogP contribution in [0.25, 0.3) is 0 Å². The van der Waals surface area contributed by atoms with Crippen LogP contribution in [0.2, 0.25) is 0 Å². The summed E-state index contributed by atoms with van der Waals surface area (Å²) >= 11 is 0. The third-order valence-corrected chi connectivity index (χ3v) is 11.7. The molecule has 0 aromatic heterocycles. The zero-order valence-electron chi connectivity index (χ0n) is 22.8. The summed E-state index contributed by atoms with van der Waals surface area (Å²) in [5, 5.41) is 25.6. The van der Waals surface area contributed by atoms with E-state index in [1.807, 2.05) is 12.1 Å². The molecule has 4 heteroatoms. The smallest absolute Gasteiger partial charge is 0.145 e. The Morgan fingerprint density at radius 1 is 1.03 bits per heavy atom. The average molecular weight is 490 g/mol. The fraction of sp³-hybridized carbons (Fsp3) is 0.656. The highest BCUT2D eigenvalue weighted by atomic mass is 16.3. The minimum absolute atomic E-state index is 0.0205. The second-order valence-electron chi connectivity index (χ2n) is 13.8. The van der Waals surface area contributed by atoms with E-state index in [0.29, 0.717) is 30.6 Å². The number of hydrogen-bond acceptors (Lipinski definition) is 4. The van der Waals surface area contributed by atoms with Gasteiger partial charge in [0, 0.05) is 30.2 Å². The summed E-state index contributed by atoms with van der Waals surface area (Å²) in [7, 11) is 0. The Morgan fingerprint density at radius 2 is 1.72 bits per heavy atom. The minimum atomic E-state index is -1.18. The van der Waals surface area contributed by atoms with E-state index in [-0.39, 0.29) is 40.3 Å². The predicted octanol–water partition coefficient (Wildman–Crippen LogP) is 5.65. The van der Waals surface area contributed by atoms with Crippen molar-refractivity contribution in [2.75, 3.05) is 6.54 Å². The fourth-order valence-electron chi connectivity index (χ4n) is 10.4. The molecular weight excluding hydrogens is 446 g/mol. The van der Waals surface area contributed by atoms with Crippen LogP contribution < -0.4 is 5.32 Å². The molecular formula is C32H43NO3. The average Bonchev–Trinajstić information content (AvgIpc) is 3.20. The van der Waals surface area contributed by atoms with Crippen LogP contribution in [0, 0.1) is 51.8 Å².